The zero-order chi connectivity index (χ0) is 14.7. The topological polar surface area (TPSA) is 60.1 Å². The SMILES string of the molecule is Cc1ccc(Cn2nccc2NC(=O)C[C@@H]2C=CCC2)o1. The summed E-state index contributed by atoms with van der Waals surface area (Å²) in [6, 6.07) is 5.65. The van der Waals surface area contributed by atoms with Gasteiger partial charge < -0.3 is 9.73 Å². The summed E-state index contributed by atoms with van der Waals surface area (Å²) < 4.78 is 7.28. The molecule has 1 aliphatic rings. The number of allylic oxidation sites excluding steroid dienone is 2. The lowest BCUT2D eigenvalue weighted by atomic mass is 10.1. The van der Waals surface area contributed by atoms with Gasteiger partial charge in [0.15, 0.2) is 0 Å². The Labute approximate surface area is 123 Å². The number of hydrogen-bond donors (Lipinski definition) is 1. The molecule has 21 heavy (non-hydrogen) atoms. The van der Waals surface area contributed by atoms with Gasteiger partial charge in [0.1, 0.15) is 23.9 Å². The molecule has 1 atom stereocenters. The van der Waals surface area contributed by atoms with Crippen LogP contribution >= 0.6 is 0 Å². The normalized spacial score (nSPS) is 17.3. The second kappa shape index (κ2) is 5.99. The number of aryl methyl sites for hydroxylation is 1. The van der Waals surface area contributed by atoms with E-state index in [1.54, 1.807) is 16.9 Å². The molecular weight excluding hydrogens is 266 g/mol. The van der Waals surface area contributed by atoms with Gasteiger partial charge >= 0.3 is 0 Å². The van der Waals surface area contributed by atoms with Gasteiger partial charge in [-0.15, -0.1) is 0 Å². The van der Waals surface area contributed by atoms with Crippen LogP contribution in [0.15, 0.2) is 41.0 Å². The minimum Gasteiger partial charge on any atom is -0.464 e. The van der Waals surface area contributed by atoms with E-state index in [2.05, 4.69) is 22.6 Å². The van der Waals surface area contributed by atoms with Crippen molar-refractivity contribution < 1.29 is 9.21 Å². The minimum absolute atomic E-state index is 0.0314. The van der Waals surface area contributed by atoms with Crippen LogP contribution in [0.25, 0.3) is 0 Å². The number of rotatable bonds is 5. The molecule has 1 N–H and O–H groups in total. The first-order valence-electron chi connectivity index (χ1n) is 7.24. The van der Waals surface area contributed by atoms with Crippen LogP contribution in [0.4, 0.5) is 5.82 Å². The van der Waals surface area contributed by atoms with Gasteiger partial charge in [0.25, 0.3) is 0 Å². The number of furan rings is 1. The molecule has 1 amide bonds. The van der Waals surface area contributed by atoms with Crippen molar-refractivity contribution in [3.05, 3.63) is 48.1 Å². The summed E-state index contributed by atoms with van der Waals surface area (Å²) in [5.41, 5.74) is 0. The Hall–Kier alpha value is -2.30. The minimum atomic E-state index is 0.0314. The second-order valence-corrected chi connectivity index (χ2v) is 5.40. The molecule has 2 aromatic heterocycles. The average Bonchev–Trinajstić information content (AvgIpc) is 3.15. The van der Waals surface area contributed by atoms with Crippen molar-refractivity contribution in [2.45, 2.75) is 32.7 Å². The van der Waals surface area contributed by atoms with Gasteiger partial charge in [0.05, 0.1) is 6.20 Å². The van der Waals surface area contributed by atoms with Crippen LogP contribution in [0.3, 0.4) is 0 Å². The molecule has 0 spiro atoms. The summed E-state index contributed by atoms with van der Waals surface area (Å²) in [5.74, 6) is 2.80. The van der Waals surface area contributed by atoms with Gasteiger partial charge in [-0.1, -0.05) is 12.2 Å². The molecule has 110 valence electrons. The summed E-state index contributed by atoms with van der Waals surface area (Å²) >= 11 is 0. The van der Waals surface area contributed by atoms with E-state index >= 15 is 0 Å². The van der Waals surface area contributed by atoms with Crippen molar-refractivity contribution in [3.63, 3.8) is 0 Å². The van der Waals surface area contributed by atoms with Crippen LogP contribution in [0.1, 0.15) is 30.8 Å². The predicted octanol–water partition coefficient (Wildman–Crippen LogP) is 3.13. The molecule has 2 heterocycles. The average molecular weight is 285 g/mol. The highest BCUT2D eigenvalue weighted by molar-refractivity contribution is 5.90. The molecular formula is C16H19N3O2. The van der Waals surface area contributed by atoms with Crippen LogP contribution in [0.2, 0.25) is 0 Å². The molecule has 0 unspecified atom stereocenters. The monoisotopic (exact) mass is 285 g/mol. The number of aromatic nitrogens is 2. The lowest BCUT2D eigenvalue weighted by molar-refractivity contribution is -0.116. The molecule has 5 heteroatoms. The van der Waals surface area contributed by atoms with Crippen LogP contribution in [-0.2, 0) is 11.3 Å². The number of nitrogens with one attached hydrogen (secondary N) is 1. The van der Waals surface area contributed by atoms with Crippen molar-refractivity contribution in [2.75, 3.05) is 5.32 Å². The summed E-state index contributed by atoms with van der Waals surface area (Å²) in [7, 11) is 0. The zero-order valence-corrected chi connectivity index (χ0v) is 12.1. The van der Waals surface area contributed by atoms with E-state index in [-0.39, 0.29) is 5.91 Å². The Balaban J connectivity index is 1.62. The molecule has 0 saturated carbocycles. The third-order valence-corrected chi connectivity index (χ3v) is 3.65. The number of nitrogens with zero attached hydrogens (tertiary/aromatic N) is 2. The number of amides is 1. The Morgan fingerprint density at radius 1 is 1.48 bits per heavy atom. The maximum absolute atomic E-state index is 12.1. The van der Waals surface area contributed by atoms with Crippen molar-refractivity contribution in [3.8, 4) is 0 Å². The summed E-state index contributed by atoms with van der Waals surface area (Å²) in [6.07, 6.45) is 8.62. The van der Waals surface area contributed by atoms with Gasteiger partial charge in [0, 0.05) is 12.5 Å². The molecule has 5 nitrogen and oxygen atoms in total. The third kappa shape index (κ3) is 3.42. The highest BCUT2D eigenvalue weighted by Crippen LogP contribution is 2.21. The lowest BCUT2D eigenvalue weighted by Crippen LogP contribution is -2.18. The third-order valence-electron chi connectivity index (χ3n) is 3.65. The highest BCUT2D eigenvalue weighted by Gasteiger charge is 2.15. The second-order valence-electron chi connectivity index (χ2n) is 5.40. The van der Waals surface area contributed by atoms with Crippen molar-refractivity contribution in [1.29, 1.82) is 0 Å². The van der Waals surface area contributed by atoms with E-state index in [0.717, 1.165) is 24.4 Å². The van der Waals surface area contributed by atoms with E-state index in [4.69, 9.17) is 4.42 Å². The fraction of sp³-hybridized carbons (Fsp3) is 0.375. The first-order chi connectivity index (χ1) is 10.2. The molecule has 2 aromatic rings. The molecule has 0 aliphatic heterocycles. The molecule has 3 rings (SSSR count). The lowest BCUT2D eigenvalue weighted by Gasteiger charge is -2.10. The maximum Gasteiger partial charge on any atom is 0.226 e. The van der Waals surface area contributed by atoms with Crippen molar-refractivity contribution in [1.82, 2.24) is 9.78 Å². The number of carbonyl (C=O) groups excluding carboxylic acids is 1. The quantitative estimate of drug-likeness (QED) is 0.859. The van der Waals surface area contributed by atoms with Crippen molar-refractivity contribution >= 4 is 11.7 Å². The van der Waals surface area contributed by atoms with E-state index < -0.39 is 0 Å². The van der Waals surface area contributed by atoms with Crippen molar-refractivity contribution in [2.24, 2.45) is 5.92 Å². The standard InChI is InChI=1S/C16H19N3O2/c1-12-6-7-14(21-12)11-19-15(8-9-17-19)18-16(20)10-13-4-2-3-5-13/h2,4,6-9,13H,3,5,10-11H2,1H3,(H,18,20)/t13-/m1/s1. The van der Waals surface area contributed by atoms with Crippen LogP contribution in [0.5, 0.6) is 0 Å². The van der Waals surface area contributed by atoms with E-state index in [0.29, 0.717) is 24.7 Å². The fourth-order valence-corrected chi connectivity index (χ4v) is 2.58. The first-order valence-corrected chi connectivity index (χ1v) is 7.24. The Morgan fingerprint density at radius 3 is 3.10 bits per heavy atom. The van der Waals surface area contributed by atoms with Crippen LogP contribution < -0.4 is 5.32 Å². The Morgan fingerprint density at radius 2 is 2.38 bits per heavy atom. The van der Waals surface area contributed by atoms with Gasteiger partial charge in [-0.25, -0.2) is 4.68 Å². The summed E-state index contributed by atoms with van der Waals surface area (Å²) in [5, 5.41) is 7.16. The number of hydrogen-bond acceptors (Lipinski definition) is 3. The summed E-state index contributed by atoms with van der Waals surface area (Å²) in [4.78, 5) is 12.1. The largest absolute Gasteiger partial charge is 0.464 e. The van der Waals surface area contributed by atoms with Gasteiger partial charge in [0.2, 0.25) is 5.91 Å². The molecule has 0 saturated heterocycles. The van der Waals surface area contributed by atoms with E-state index in [9.17, 15) is 4.79 Å². The van der Waals surface area contributed by atoms with Crippen LogP contribution in [0, 0.1) is 12.8 Å². The number of anilines is 1. The molecule has 0 aromatic carbocycles. The first kappa shape index (κ1) is 13.7. The van der Waals surface area contributed by atoms with E-state index in [1.807, 2.05) is 19.1 Å². The molecule has 0 bridgehead atoms. The van der Waals surface area contributed by atoms with Gasteiger partial charge in [-0.3, -0.25) is 4.79 Å². The van der Waals surface area contributed by atoms with Gasteiger partial charge in [-0.2, -0.15) is 5.10 Å². The summed E-state index contributed by atoms with van der Waals surface area (Å²) in [6.45, 7) is 2.42. The Kier molecular flexibility index (Phi) is 3.90. The zero-order valence-electron chi connectivity index (χ0n) is 12.1. The highest BCUT2D eigenvalue weighted by atomic mass is 16.3. The fourth-order valence-electron chi connectivity index (χ4n) is 2.58. The smallest absolute Gasteiger partial charge is 0.226 e. The number of carbonyl (C=O) groups is 1. The van der Waals surface area contributed by atoms with E-state index in [1.165, 1.54) is 0 Å². The molecule has 1 aliphatic carbocycles. The maximum atomic E-state index is 12.1. The van der Waals surface area contributed by atoms with Crippen LogP contribution in [-0.4, -0.2) is 15.7 Å². The Bertz CT molecular complexity index is 654. The molecule has 0 radical (unpaired) electrons. The predicted molar refractivity (Wildman–Crippen MR) is 79.9 cm³/mol. The molecule has 0 fully saturated rings. The van der Waals surface area contributed by atoms with Gasteiger partial charge in [-0.05, 0) is 37.8 Å².